The normalized spacial score (nSPS) is 50.5. The maximum absolute atomic E-state index is 13.9. The van der Waals surface area contributed by atoms with Crippen LogP contribution in [0.1, 0.15) is 107 Å². The highest BCUT2D eigenvalue weighted by Gasteiger charge is 2.90. The first-order chi connectivity index (χ1) is 26.0. The molecule has 3 heterocycles. The molecule has 4 aliphatic carbocycles. The first kappa shape index (κ1) is 41.7. The van der Waals surface area contributed by atoms with Gasteiger partial charge in [0.15, 0.2) is 17.8 Å². The highest BCUT2D eigenvalue weighted by atomic mass is 16.7. The fourth-order valence-corrected chi connectivity index (χ4v) is 13.1. The molecule has 7 aliphatic rings. The number of nitrogens with zero attached hydrogens (tertiary/aromatic N) is 1. The number of fused-ring (bicyclic) bond motifs is 5. The molecule has 4 saturated carbocycles. The Balaban J connectivity index is 1.45. The molecule has 4 bridgehead atoms. The highest BCUT2D eigenvalue weighted by molar-refractivity contribution is 5.79. The minimum absolute atomic E-state index is 0.0107. The fourth-order valence-electron chi connectivity index (χ4n) is 13.1. The van der Waals surface area contributed by atoms with Gasteiger partial charge in [0.2, 0.25) is 5.79 Å². The Hall–Kier alpha value is -2.40. The Morgan fingerprint density at radius 2 is 1.55 bits per heavy atom. The van der Waals surface area contributed by atoms with Crippen molar-refractivity contribution in [1.82, 2.24) is 4.90 Å². The third-order valence-corrected chi connectivity index (χ3v) is 16.0. The number of carbonyl (C=O) groups excluding carboxylic acids is 4. The quantitative estimate of drug-likeness (QED) is 0.174. The average molecular weight is 794 g/mol. The Morgan fingerprint density at radius 3 is 2.14 bits per heavy atom. The third kappa shape index (κ3) is 5.60. The van der Waals surface area contributed by atoms with Crippen molar-refractivity contribution in [3.05, 3.63) is 0 Å². The van der Waals surface area contributed by atoms with Gasteiger partial charge in [0.05, 0.1) is 35.1 Å². The molecular weight excluding hydrogens is 730 g/mol. The van der Waals surface area contributed by atoms with Crippen LogP contribution in [0.4, 0.5) is 0 Å². The number of esters is 4. The van der Waals surface area contributed by atoms with Crippen LogP contribution in [0, 0.1) is 46.8 Å². The smallest absolute Gasteiger partial charge is 0.338 e. The predicted octanol–water partition coefficient (Wildman–Crippen LogP) is 1.61. The van der Waals surface area contributed by atoms with Gasteiger partial charge in [-0.1, -0.05) is 34.6 Å². The van der Waals surface area contributed by atoms with E-state index >= 15 is 0 Å². The van der Waals surface area contributed by atoms with E-state index in [9.17, 15) is 44.7 Å². The fraction of sp³-hybridized carbons (Fsp3) is 0.902. The summed E-state index contributed by atoms with van der Waals surface area (Å²) >= 11 is 0. The van der Waals surface area contributed by atoms with Crippen LogP contribution in [-0.4, -0.2) is 132 Å². The molecule has 3 aliphatic heterocycles. The summed E-state index contributed by atoms with van der Waals surface area (Å²) in [6, 6.07) is -0.309. The van der Waals surface area contributed by atoms with Gasteiger partial charge in [0.25, 0.3) is 0 Å². The summed E-state index contributed by atoms with van der Waals surface area (Å²) in [5.41, 5.74) is -8.37. The zero-order chi connectivity index (χ0) is 41.3. The lowest BCUT2D eigenvalue weighted by Crippen LogP contribution is -2.78. The lowest BCUT2D eigenvalue weighted by molar-refractivity contribution is -0.301. The van der Waals surface area contributed by atoms with Crippen LogP contribution in [0.2, 0.25) is 0 Å². The van der Waals surface area contributed by atoms with E-state index in [0.29, 0.717) is 31.8 Å². The molecule has 56 heavy (non-hydrogen) atoms. The lowest BCUT2D eigenvalue weighted by Gasteiger charge is -2.64. The van der Waals surface area contributed by atoms with E-state index < -0.39 is 124 Å². The summed E-state index contributed by atoms with van der Waals surface area (Å²) < 4.78 is 31.3. The summed E-state index contributed by atoms with van der Waals surface area (Å²) in [4.78, 5) is 55.6. The van der Waals surface area contributed by atoms with Gasteiger partial charge < -0.3 is 49.2 Å². The van der Waals surface area contributed by atoms with E-state index in [1.807, 2.05) is 13.8 Å². The van der Waals surface area contributed by atoms with Crippen LogP contribution in [0.3, 0.4) is 0 Å². The first-order valence-corrected chi connectivity index (χ1v) is 20.7. The second-order valence-electron chi connectivity index (χ2n) is 19.2. The van der Waals surface area contributed by atoms with Gasteiger partial charge in [0.1, 0.15) is 17.8 Å². The molecule has 7 fully saturated rings. The number of hydrogen-bond donors (Lipinski definition) is 5. The van der Waals surface area contributed by atoms with Crippen LogP contribution in [0.25, 0.3) is 0 Å². The monoisotopic (exact) mass is 793 g/mol. The molecule has 1 spiro atoms. The molecule has 15 nitrogen and oxygen atoms in total. The number of piperidine rings is 2. The van der Waals surface area contributed by atoms with Crippen molar-refractivity contribution < 1.29 is 68.4 Å². The molecule has 7 rings (SSSR count). The van der Waals surface area contributed by atoms with Crippen molar-refractivity contribution in [3.8, 4) is 0 Å². The Bertz CT molecular complexity index is 1620. The number of carbonyl (C=O) groups is 4. The largest absolute Gasteiger partial charge is 0.458 e. The van der Waals surface area contributed by atoms with Crippen molar-refractivity contribution in [1.29, 1.82) is 0 Å². The Labute approximate surface area is 328 Å². The van der Waals surface area contributed by atoms with Crippen LogP contribution < -0.4 is 0 Å². The van der Waals surface area contributed by atoms with Gasteiger partial charge in [-0.3, -0.25) is 19.3 Å². The second-order valence-corrected chi connectivity index (χ2v) is 19.2. The van der Waals surface area contributed by atoms with Crippen molar-refractivity contribution in [2.24, 2.45) is 46.8 Å². The molecule has 0 amide bonds. The summed E-state index contributed by atoms with van der Waals surface area (Å²) in [7, 11) is 0. The number of ether oxygens (including phenoxy) is 5. The molecular formula is C41H63NO14. The predicted molar refractivity (Wildman–Crippen MR) is 195 cm³/mol. The van der Waals surface area contributed by atoms with Gasteiger partial charge in [-0.25, -0.2) is 4.79 Å². The van der Waals surface area contributed by atoms with Gasteiger partial charge in [-0.2, -0.15) is 0 Å². The molecule has 3 saturated heterocycles. The lowest BCUT2D eigenvalue weighted by atomic mass is 9.48. The molecule has 0 aromatic rings. The maximum Gasteiger partial charge on any atom is 0.338 e. The van der Waals surface area contributed by atoms with Crippen molar-refractivity contribution in [2.45, 2.75) is 172 Å². The zero-order valence-corrected chi connectivity index (χ0v) is 34.2. The van der Waals surface area contributed by atoms with E-state index in [2.05, 4.69) is 11.8 Å². The molecule has 0 aromatic heterocycles. The number of rotatable bonds is 8. The molecule has 19 atom stereocenters. The Morgan fingerprint density at radius 1 is 0.929 bits per heavy atom. The molecule has 15 heteroatoms. The highest BCUT2D eigenvalue weighted by Crippen LogP contribution is 2.78. The van der Waals surface area contributed by atoms with Crippen molar-refractivity contribution >= 4 is 23.9 Å². The van der Waals surface area contributed by atoms with Crippen LogP contribution in [0.5, 0.6) is 0 Å². The number of aliphatic hydroxyl groups is 5. The van der Waals surface area contributed by atoms with Gasteiger partial charge in [0, 0.05) is 44.3 Å². The van der Waals surface area contributed by atoms with Gasteiger partial charge in [-0.15, -0.1) is 0 Å². The van der Waals surface area contributed by atoms with Gasteiger partial charge in [-0.05, 0) is 76.5 Å². The number of hydrogen-bond acceptors (Lipinski definition) is 15. The van der Waals surface area contributed by atoms with Crippen molar-refractivity contribution in [3.63, 3.8) is 0 Å². The third-order valence-electron chi connectivity index (χ3n) is 16.0. The minimum Gasteiger partial charge on any atom is -0.458 e. The topological polar surface area (TPSA) is 219 Å². The SMILES string of the molecule is CCC(C)C(=O)O[C@H]1[C@H](O)C2C(CN3CC(C)CCC3[C@@]2(C)O)C2C[C@]34O[C@@]5(O)C([C@@H](OC(C)=O)[C@@H](OC(C)=O)C3[C@@]21O)[C@]4(C)CC[C@@H]5OC(=O)C(C)(O)CC. The molecule has 316 valence electrons. The molecule has 0 aromatic carbocycles. The van der Waals surface area contributed by atoms with Gasteiger partial charge >= 0.3 is 23.9 Å². The summed E-state index contributed by atoms with van der Waals surface area (Å²) in [5.74, 6) is -10.8. The average Bonchev–Trinajstić information content (AvgIpc) is 3.40. The zero-order valence-electron chi connectivity index (χ0n) is 34.2. The van der Waals surface area contributed by atoms with Crippen molar-refractivity contribution in [2.75, 3.05) is 13.1 Å². The van der Waals surface area contributed by atoms with E-state index in [1.54, 1.807) is 20.8 Å². The Kier molecular flexibility index (Phi) is 10.1. The van der Waals surface area contributed by atoms with Crippen LogP contribution in [-0.2, 0) is 42.9 Å². The standard InChI is InChI=1S/C41H63NO14/c1-10-20(4)34(46)55-33-28(45)27-23(18-42-17-19(3)12-13-25(42)38(27,9)49)24-16-39-32(40(24,33)50)30(53-22(6)44)29(52-21(5)43)31-36(39,7)15-14-26(41(31,51)56-39)54-35(47)37(8,48)11-2/h19-20,23-33,45,48-51H,10-18H2,1-9H3/t19?,20?,23?,24?,25?,26-,27?,28+,29-,30+,31?,32?,33-,36-,37?,38+,39-,40-,41+/m0/s1. The molecule has 5 N–H and O–H groups in total. The van der Waals surface area contributed by atoms with E-state index in [0.717, 1.165) is 6.42 Å². The van der Waals surface area contributed by atoms with Crippen LogP contribution >= 0.6 is 0 Å². The van der Waals surface area contributed by atoms with E-state index in [1.165, 1.54) is 20.8 Å². The van der Waals surface area contributed by atoms with Crippen LogP contribution in [0.15, 0.2) is 0 Å². The van der Waals surface area contributed by atoms with E-state index in [-0.39, 0.29) is 31.7 Å². The maximum atomic E-state index is 13.9. The summed E-state index contributed by atoms with van der Waals surface area (Å²) in [6.45, 7) is 15.5. The summed E-state index contributed by atoms with van der Waals surface area (Å²) in [6.07, 6.45) is -5.31. The second kappa shape index (κ2) is 13.6. The summed E-state index contributed by atoms with van der Waals surface area (Å²) in [5, 5.41) is 62.9. The molecule has 0 radical (unpaired) electrons. The first-order valence-electron chi connectivity index (χ1n) is 20.7. The van der Waals surface area contributed by atoms with E-state index in [4.69, 9.17) is 23.7 Å². The minimum atomic E-state index is -2.38. The number of aliphatic hydroxyl groups excluding tert-OH is 1. The molecule has 9 unspecified atom stereocenters.